The van der Waals surface area contributed by atoms with Gasteiger partial charge in [0.15, 0.2) is 0 Å². The molecule has 1 aliphatic rings. The third-order valence-corrected chi connectivity index (χ3v) is 4.00. The molecule has 2 rings (SSSR count). The fraction of sp³-hybridized carbons (Fsp3) is 0.583. The number of hydrogen-bond donors (Lipinski definition) is 3. The zero-order chi connectivity index (χ0) is 13.9. The second-order valence-electron chi connectivity index (χ2n) is 4.89. The number of carbonyl (C=O) groups excluding carboxylic acids is 1. The topological polar surface area (TPSA) is 91.3 Å². The van der Waals surface area contributed by atoms with Crippen molar-refractivity contribution in [2.24, 2.45) is 5.92 Å². The van der Waals surface area contributed by atoms with Crippen LogP contribution in [-0.2, 0) is 11.2 Å². The minimum Gasteiger partial charge on any atom is -0.480 e. The van der Waals surface area contributed by atoms with E-state index in [1.165, 1.54) is 11.3 Å². The second kappa shape index (κ2) is 5.56. The number of carboxylic acid groups (broad SMARTS) is 1. The number of rotatable bonds is 6. The van der Waals surface area contributed by atoms with Crippen molar-refractivity contribution < 1.29 is 14.7 Å². The number of carboxylic acids is 1. The standard InChI is InChI=1S/C12H17N3O3S/c1-12(10(16)17,8-2-3-8)15-11(18)13-5-4-9-6-19-7-14-9/h6-8H,2-5H2,1H3,(H,16,17)(H2,13,15,18). The third-order valence-electron chi connectivity index (χ3n) is 3.36. The van der Waals surface area contributed by atoms with Gasteiger partial charge in [0, 0.05) is 18.3 Å². The van der Waals surface area contributed by atoms with Gasteiger partial charge in [-0.3, -0.25) is 0 Å². The summed E-state index contributed by atoms with van der Waals surface area (Å²) in [5, 5.41) is 16.4. The number of aromatic nitrogens is 1. The van der Waals surface area contributed by atoms with Crippen molar-refractivity contribution in [1.29, 1.82) is 0 Å². The van der Waals surface area contributed by atoms with Gasteiger partial charge in [0.05, 0.1) is 11.2 Å². The van der Waals surface area contributed by atoms with Crippen LogP contribution in [0.1, 0.15) is 25.5 Å². The first-order valence-corrected chi connectivity index (χ1v) is 7.13. The monoisotopic (exact) mass is 283 g/mol. The summed E-state index contributed by atoms with van der Waals surface area (Å²) in [7, 11) is 0. The Hall–Kier alpha value is -1.63. The van der Waals surface area contributed by atoms with Crippen LogP contribution in [0.3, 0.4) is 0 Å². The minimum atomic E-state index is -1.16. The lowest BCUT2D eigenvalue weighted by atomic mass is 9.96. The van der Waals surface area contributed by atoms with Crippen LogP contribution >= 0.6 is 11.3 Å². The molecular weight excluding hydrogens is 266 g/mol. The number of hydrogen-bond acceptors (Lipinski definition) is 4. The van der Waals surface area contributed by atoms with E-state index in [1.54, 1.807) is 12.4 Å². The van der Waals surface area contributed by atoms with E-state index in [0.29, 0.717) is 13.0 Å². The molecule has 1 heterocycles. The van der Waals surface area contributed by atoms with E-state index < -0.39 is 17.5 Å². The third kappa shape index (κ3) is 3.44. The molecule has 0 saturated heterocycles. The van der Waals surface area contributed by atoms with Gasteiger partial charge in [-0.1, -0.05) is 0 Å². The van der Waals surface area contributed by atoms with Gasteiger partial charge < -0.3 is 15.7 Å². The van der Waals surface area contributed by atoms with Crippen LogP contribution in [0.15, 0.2) is 10.9 Å². The largest absolute Gasteiger partial charge is 0.480 e. The molecule has 0 aliphatic heterocycles. The maximum Gasteiger partial charge on any atom is 0.329 e. The summed E-state index contributed by atoms with van der Waals surface area (Å²) in [6, 6.07) is -0.438. The Kier molecular flexibility index (Phi) is 4.04. The van der Waals surface area contributed by atoms with Crippen LogP contribution in [0.25, 0.3) is 0 Å². The molecule has 0 spiro atoms. The normalized spacial score (nSPS) is 17.5. The first-order valence-electron chi connectivity index (χ1n) is 6.19. The van der Waals surface area contributed by atoms with E-state index in [0.717, 1.165) is 18.5 Å². The average molecular weight is 283 g/mol. The predicted molar refractivity (Wildman–Crippen MR) is 71.1 cm³/mol. The lowest BCUT2D eigenvalue weighted by Crippen LogP contribution is -2.56. The molecule has 1 fully saturated rings. The first-order chi connectivity index (χ1) is 9.02. The van der Waals surface area contributed by atoms with Crippen molar-refractivity contribution in [3.05, 3.63) is 16.6 Å². The lowest BCUT2D eigenvalue weighted by Gasteiger charge is -2.26. The highest BCUT2D eigenvalue weighted by atomic mass is 32.1. The number of amides is 2. The molecule has 104 valence electrons. The fourth-order valence-corrected chi connectivity index (χ4v) is 2.53. The van der Waals surface area contributed by atoms with Gasteiger partial charge >= 0.3 is 12.0 Å². The van der Waals surface area contributed by atoms with Crippen LogP contribution in [0.2, 0.25) is 0 Å². The summed E-state index contributed by atoms with van der Waals surface area (Å²) >= 11 is 1.51. The summed E-state index contributed by atoms with van der Waals surface area (Å²) in [5.41, 5.74) is 1.50. The van der Waals surface area contributed by atoms with E-state index in [9.17, 15) is 14.7 Å². The van der Waals surface area contributed by atoms with E-state index in [1.807, 2.05) is 5.38 Å². The fourth-order valence-electron chi connectivity index (χ4n) is 1.94. The maximum absolute atomic E-state index is 11.7. The summed E-state index contributed by atoms with van der Waals surface area (Å²) in [6.07, 6.45) is 2.34. The number of nitrogens with zero attached hydrogens (tertiary/aromatic N) is 1. The van der Waals surface area contributed by atoms with Crippen LogP contribution in [0.4, 0.5) is 4.79 Å². The van der Waals surface area contributed by atoms with Gasteiger partial charge in [0.25, 0.3) is 0 Å². The van der Waals surface area contributed by atoms with Crippen molar-refractivity contribution in [3.8, 4) is 0 Å². The predicted octanol–water partition coefficient (Wildman–Crippen LogP) is 1.24. The van der Waals surface area contributed by atoms with Crippen molar-refractivity contribution in [1.82, 2.24) is 15.6 Å². The highest BCUT2D eigenvalue weighted by molar-refractivity contribution is 7.07. The SMILES string of the molecule is CC(NC(=O)NCCc1cscn1)(C(=O)O)C1CC1. The zero-order valence-corrected chi connectivity index (χ0v) is 11.5. The number of nitrogens with one attached hydrogen (secondary N) is 2. The Morgan fingerprint density at radius 2 is 2.32 bits per heavy atom. The smallest absolute Gasteiger partial charge is 0.329 e. The van der Waals surface area contributed by atoms with Crippen LogP contribution in [0, 0.1) is 5.92 Å². The molecular formula is C12H17N3O3S. The van der Waals surface area contributed by atoms with Gasteiger partial charge in [0.2, 0.25) is 0 Å². The zero-order valence-electron chi connectivity index (χ0n) is 10.7. The number of thiazole rings is 1. The minimum absolute atomic E-state index is 0.0364. The molecule has 1 unspecified atom stereocenters. The molecule has 0 bridgehead atoms. The van der Waals surface area contributed by atoms with Crippen molar-refractivity contribution in [3.63, 3.8) is 0 Å². The van der Waals surface area contributed by atoms with Crippen LogP contribution in [0.5, 0.6) is 0 Å². The Bertz CT molecular complexity index is 459. The average Bonchev–Trinajstić information content (AvgIpc) is 3.08. The van der Waals surface area contributed by atoms with E-state index >= 15 is 0 Å². The molecule has 0 radical (unpaired) electrons. The van der Waals surface area contributed by atoms with Crippen LogP contribution in [-0.4, -0.2) is 34.2 Å². The molecule has 1 aromatic rings. The molecule has 6 nitrogen and oxygen atoms in total. The van der Waals surface area contributed by atoms with Gasteiger partial charge in [-0.2, -0.15) is 0 Å². The molecule has 7 heteroatoms. The Morgan fingerprint density at radius 1 is 1.58 bits per heavy atom. The molecule has 1 aliphatic carbocycles. The number of aliphatic carboxylic acids is 1. The second-order valence-corrected chi connectivity index (χ2v) is 5.61. The van der Waals surface area contributed by atoms with Gasteiger partial charge in [-0.05, 0) is 25.7 Å². The number of urea groups is 1. The summed E-state index contributed by atoms with van der Waals surface area (Å²) < 4.78 is 0. The highest BCUT2D eigenvalue weighted by Gasteiger charge is 2.48. The molecule has 19 heavy (non-hydrogen) atoms. The molecule has 1 atom stereocenters. The highest BCUT2D eigenvalue weighted by Crippen LogP contribution is 2.39. The number of carbonyl (C=O) groups is 2. The molecule has 3 N–H and O–H groups in total. The van der Waals surface area contributed by atoms with Crippen molar-refractivity contribution in [2.75, 3.05) is 6.54 Å². The van der Waals surface area contributed by atoms with Gasteiger partial charge in [-0.15, -0.1) is 11.3 Å². The van der Waals surface area contributed by atoms with E-state index in [4.69, 9.17) is 0 Å². The molecule has 2 amide bonds. The van der Waals surface area contributed by atoms with Crippen LogP contribution < -0.4 is 10.6 Å². The maximum atomic E-state index is 11.7. The molecule has 1 saturated carbocycles. The first kappa shape index (κ1) is 13.8. The lowest BCUT2D eigenvalue weighted by molar-refractivity contribution is -0.144. The van der Waals surface area contributed by atoms with Crippen molar-refractivity contribution in [2.45, 2.75) is 31.7 Å². The molecule has 0 aromatic carbocycles. The Morgan fingerprint density at radius 3 is 2.84 bits per heavy atom. The molecule has 1 aromatic heterocycles. The van der Waals surface area contributed by atoms with Gasteiger partial charge in [-0.25, -0.2) is 14.6 Å². The Labute approximate surface area is 115 Å². The van der Waals surface area contributed by atoms with E-state index in [2.05, 4.69) is 15.6 Å². The quantitative estimate of drug-likeness (QED) is 0.732. The summed E-state index contributed by atoms with van der Waals surface area (Å²) in [5.74, 6) is -0.945. The van der Waals surface area contributed by atoms with E-state index in [-0.39, 0.29) is 5.92 Å². The van der Waals surface area contributed by atoms with Gasteiger partial charge in [0.1, 0.15) is 5.54 Å². The summed E-state index contributed by atoms with van der Waals surface area (Å²) in [4.78, 5) is 27.1. The van der Waals surface area contributed by atoms with Crippen molar-refractivity contribution >= 4 is 23.3 Å². The Balaban J connectivity index is 1.78. The summed E-state index contributed by atoms with van der Waals surface area (Å²) in [6.45, 7) is 2.00.